The molecule has 247 valence electrons. The first-order valence-electron chi connectivity index (χ1n) is 17.3. The van der Waals surface area contributed by atoms with Crippen molar-refractivity contribution in [1.82, 2.24) is 9.97 Å². The van der Waals surface area contributed by atoms with E-state index in [0.717, 1.165) is 55.4 Å². The van der Waals surface area contributed by atoms with Crippen LogP contribution >= 0.6 is 0 Å². The summed E-state index contributed by atoms with van der Waals surface area (Å²) in [6, 6.07) is 48.4. The van der Waals surface area contributed by atoms with Crippen LogP contribution in [-0.2, 0) is 20.1 Å². The molecule has 9 aromatic rings. The van der Waals surface area contributed by atoms with Crippen LogP contribution in [0.15, 0.2) is 138 Å². The number of aromatic nitrogens is 2. The fraction of sp³-hybridized carbons (Fsp3) is 0.130. The minimum absolute atomic E-state index is 0. The van der Waals surface area contributed by atoms with Crippen LogP contribution in [-0.4, -0.2) is 9.97 Å². The summed E-state index contributed by atoms with van der Waals surface area (Å²) in [5.74, 6) is -0.180. The van der Waals surface area contributed by atoms with Gasteiger partial charge in [0.1, 0.15) is 5.58 Å². The summed E-state index contributed by atoms with van der Waals surface area (Å²) >= 11 is 0. The van der Waals surface area contributed by atoms with Gasteiger partial charge in [0.25, 0.3) is 0 Å². The molecule has 0 aliphatic heterocycles. The van der Waals surface area contributed by atoms with E-state index in [9.17, 15) is 0 Å². The molecule has 50 heavy (non-hydrogen) atoms. The van der Waals surface area contributed by atoms with Crippen LogP contribution in [0, 0.1) is 12.1 Å². The van der Waals surface area contributed by atoms with Gasteiger partial charge in [0.15, 0.2) is 0 Å². The molecule has 0 fully saturated rings. The average molecular weight is 826 g/mol. The summed E-state index contributed by atoms with van der Waals surface area (Å²) in [6.45, 7) is 8.16. The van der Waals surface area contributed by atoms with E-state index in [1.807, 2.05) is 44.3 Å². The molecule has 0 aliphatic rings. The first kappa shape index (κ1) is 32.1. The van der Waals surface area contributed by atoms with Gasteiger partial charge in [-0.25, -0.2) is 0 Å². The predicted octanol–water partition coefficient (Wildman–Crippen LogP) is 12.7. The Balaban J connectivity index is 0.000000157. The second-order valence-corrected chi connectivity index (χ2v) is 13.1. The summed E-state index contributed by atoms with van der Waals surface area (Å²) in [5, 5.41) is 9.42. The molecule has 0 saturated heterocycles. The number of benzene rings is 6. The normalized spacial score (nSPS) is 11.9. The largest absolute Gasteiger partial charge is 0.500 e. The van der Waals surface area contributed by atoms with E-state index < -0.39 is 5.89 Å². The van der Waals surface area contributed by atoms with Gasteiger partial charge in [-0.2, -0.15) is 0 Å². The maximum Gasteiger partial charge on any atom is 0.128 e. The van der Waals surface area contributed by atoms with Crippen LogP contribution in [0.5, 0.6) is 0 Å². The Morgan fingerprint density at radius 2 is 1.22 bits per heavy atom. The zero-order valence-corrected chi connectivity index (χ0v) is 30.8. The molecule has 9 rings (SSSR count). The number of hydrogen-bond donors (Lipinski definition) is 0. The number of fused-ring (bicyclic) bond motifs is 8. The van der Waals surface area contributed by atoms with Crippen molar-refractivity contribution in [2.24, 2.45) is 0 Å². The molecule has 0 N–H and O–H groups in total. The third kappa shape index (κ3) is 6.22. The Kier molecular flexibility index (Phi) is 8.98. The van der Waals surface area contributed by atoms with E-state index >= 15 is 0 Å². The van der Waals surface area contributed by atoms with Gasteiger partial charge in [0.2, 0.25) is 0 Å². The van der Waals surface area contributed by atoms with Crippen molar-refractivity contribution in [3.05, 3.63) is 157 Å². The minimum Gasteiger partial charge on any atom is -0.500 e. The van der Waals surface area contributed by atoms with Gasteiger partial charge >= 0.3 is 0 Å². The third-order valence-corrected chi connectivity index (χ3v) is 9.32. The molecule has 6 aromatic carbocycles. The number of nitrogens with zero attached hydrogens (tertiary/aromatic N) is 2. The van der Waals surface area contributed by atoms with Gasteiger partial charge in [-0.15, -0.1) is 47.3 Å². The molecule has 0 amide bonds. The van der Waals surface area contributed by atoms with Gasteiger partial charge < -0.3 is 14.4 Å². The Hall–Kier alpha value is -5.15. The van der Waals surface area contributed by atoms with Crippen molar-refractivity contribution in [3.63, 3.8) is 0 Å². The molecular weight excluding hydrogens is 789 g/mol. The van der Waals surface area contributed by atoms with E-state index in [2.05, 4.69) is 133 Å². The average Bonchev–Trinajstić information content (AvgIpc) is 3.54. The van der Waals surface area contributed by atoms with Crippen LogP contribution < -0.4 is 0 Å². The van der Waals surface area contributed by atoms with Crippen LogP contribution in [0.1, 0.15) is 52.0 Å². The van der Waals surface area contributed by atoms with E-state index in [1.54, 1.807) is 6.20 Å². The molecule has 0 saturated carbocycles. The van der Waals surface area contributed by atoms with E-state index in [4.69, 9.17) is 5.79 Å². The van der Waals surface area contributed by atoms with Crippen molar-refractivity contribution in [2.75, 3.05) is 0 Å². The molecule has 0 unspecified atom stereocenters. The summed E-state index contributed by atoms with van der Waals surface area (Å²) in [7, 11) is 0. The molecule has 1 radical (unpaired) electrons. The molecule has 3 aromatic heterocycles. The topological polar surface area (TPSA) is 38.9 Å². The minimum atomic E-state index is -0.634. The number of pyridine rings is 2. The maximum atomic E-state index is 8.22. The zero-order chi connectivity index (χ0) is 34.4. The third-order valence-electron chi connectivity index (χ3n) is 9.32. The molecule has 4 heteroatoms. The van der Waals surface area contributed by atoms with E-state index in [-0.39, 0.29) is 20.1 Å². The Morgan fingerprint density at radius 1 is 0.580 bits per heavy atom. The second-order valence-electron chi connectivity index (χ2n) is 13.1. The summed E-state index contributed by atoms with van der Waals surface area (Å²) in [4.78, 5) is 9.06. The molecular formula is C46H36IrN2O-2. The van der Waals surface area contributed by atoms with Crippen molar-refractivity contribution in [2.45, 2.75) is 39.5 Å². The second kappa shape index (κ2) is 14.0. The van der Waals surface area contributed by atoms with Crippen LogP contribution in [0.2, 0.25) is 0 Å². The van der Waals surface area contributed by atoms with Crippen molar-refractivity contribution in [3.8, 4) is 22.5 Å². The van der Waals surface area contributed by atoms with Gasteiger partial charge in [-0.3, -0.25) is 0 Å². The molecule has 0 atom stereocenters. The van der Waals surface area contributed by atoms with Gasteiger partial charge in [0, 0.05) is 44.6 Å². The Morgan fingerprint density at radius 3 is 2.00 bits per heavy atom. The van der Waals surface area contributed by atoms with Crippen LogP contribution in [0.3, 0.4) is 0 Å². The first-order chi connectivity index (χ1) is 24.2. The molecule has 3 heterocycles. The smallest absolute Gasteiger partial charge is 0.128 e. The molecule has 3 nitrogen and oxygen atoms in total. The fourth-order valence-corrected chi connectivity index (χ4v) is 6.59. The van der Waals surface area contributed by atoms with Crippen LogP contribution in [0.4, 0.5) is 0 Å². The van der Waals surface area contributed by atoms with Crippen molar-refractivity contribution < 1.29 is 25.9 Å². The first-order valence-corrected chi connectivity index (χ1v) is 16.8. The van der Waals surface area contributed by atoms with Gasteiger partial charge in [-0.05, 0) is 46.1 Å². The zero-order valence-electron chi connectivity index (χ0n) is 29.4. The van der Waals surface area contributed by atoms with Gasteiger partial charge in [0.05, 0.1) is 5.58 Å². The Labute approximate surface area is 307 Å². The SMILES string of the molecule is CC(C)c1ccnc(-c2[c-]ccc3c2oc2c4ccccc4ccc32)c1.[2H]C(C)(C)c1ccnc(-c2[c-]cc3c(ccc4ccccc43)c2)c1.[Ir]. The predicted molar refractivity (Wildman–Crippen MR) is 205 cm³/mol. The maximum absolute atomic E-state index is 8.22. The molecule has 0 bridgehead atoms. The number of hydrogen-bond acceptors (Lipinski definition) is 3. The fourth-order valence-electron chi connectivity index (χ4n) is 6.59. The number of rotatable bonds is 4. The molecule has 0 spiro atoms. The standard InChI is InChI=1S/C24H18NO.C22H18N.Ir/c1-15(2)17-12-13-25-22(14-17)21-9-5-8-19-20-11-10-16-6-3-4-7-18(16)23(20)26-24(19)21;1-15(2)17-11-12-23-22(14-17)19-9-10-21-18(13-19)8-7-16-5-3-4-6-20(16)21;/h3-8,10-15H,1-2H3;3-8,10-15H,1-2H3;/q2*-1;/i;15D;. The summed E-state index contributed by atoms with van der Waals surface area (Å²) in [6.07, 6.45) is 3.65. The summed E-state index contributed by atoms with van der Waals surface area (Å²) < 4.78 is 14.6. The summed E-state index contributed by atoms with van der Waals surface area (Å²) in [5.41, 5.74) is 7.66. The van der Waals surface area contributed by atoms with Crippen molar-refractivity contribution in [1.29, 1.82) is 0 Å². The van der Waals surface area contributed by atoms with Crippen LogP contribution in [0.25, 0.3) is 76.8 Å². The van der Waals surface area contributed by atoms with Gasteiger partial charge in [-0.1, -0.05) is 145 Å². The molecule has 0 aliphatic carbocycles. The van der Waals surface area contributed by atoms with E-state index in [0.29, 0.717) is 5.92 Å². The quantitative estimate of drug-likeness (QED) is 0.131. The number of furan rings is 1. The van der Waals surface area contributed by atoms with Crippen molar-refractivity contribution >= 4 is 54.3 Å². The monoisotopic (exact) mass is 826 g/mol. The van der Waals surface area contributed by atoms with E-state index in [1.165, 1.54) is 32.5 Å². The Bertz CT molecular complexity index is 2690.